The van der Waals surface area contributed by atoms with Crippen LogP contribution in [0, 0.1) is 6.92 Å². The summed E-state index contributed by atoms with van der Waals surface area (Å²) >= 11 is 6.17. The van der Waals surface area contributed by atoms with E-state index < -0.39 is 0 Å². The molecule has 0 radical (unpaired) electrons. The molecule has 4 aromatic rings. The molecule has 0 amide bonds. The zero-order chi connectivity index (χ0) is 19.3. The Bertz CT molecular complexity index is 1150. The van der Waals surface area contributed by atoms with E-state index in [0.717, 1.165) is 53.5 Å². The fourth-order valence-corrected chi connectivity index (χ4v) is 4.59. The molecule has 5 rings (SSSR count). The Morgan fingerprint density at radius 3 is 2.54 bits per heavy atom. The molecule has 5 heteroatoms. The van der Waals surface area contributed by atoms with Crippen LogP contribution in [0.3, 0.4) is 0 Å². The monoisotopic (exact) mass is 390 g/mol. The summed E-state index contributed by atoms with van der Waals surface area (Å²) in [5.74, 6) is 1.14. The maximum atomic E-state index is 6.17. The third-order valence-electron chi connectivity index (χ3n) is 5.78. The van der Waals surface area contributed by atoms with Gasteiger partial charge in [-0.1, -0.05) is 35.9 Å². The molecule has 0 fully saturated rings. The second-order valence-electron chi connectivity index (χ2n) is 7.63. The number of aryl methyl sites for hydroxylation is 2. The first-order chi connectivity index (χ1) is 13.6. The molecule has 2 aromatic heterocycles. The third-order valence-corrected chi connectivity index (χ3v) is 6.01. The van der Waals surface area contributed by atoms with Gasteiger partial charge in [-0.2, -0.15) is 5.10 Å². The van der Waals surface area contributed by atoms with Gasteiger partial charge in [-0.15, -0.1) is 0 Å². The average molecular weight is 391 g/mol. The largest absolute Gasteiger partial charge is 0.301 e. The topological polar surface area (TPSA) is 26.0 Å². The summed E-state index contributed by atoms with van der Waals surface area (Å²) in [5.41, 5.74) is 6.48. The van der Waals surface area contributed by atoms with Gasteiger partial charge in [-0.05, 0) is 48.7 Å². The zero-order valence-electron chi connectivity index (χ0n) is 16.2. The number of fused-ring (bicyclic) bond motifs is 2. The summed E-state index contributed by atoms with van der Waals surface area (Å²) < 4.78 is 4.23. The van der Waals surface area contributed by atoms with Crippen LogP contribution in [0.25, 0.3) is 16.7 Å². The van der Waals surface area contributed by atoms with Gasteiger partial charge in [-0.25, -0.2) is 0 Å². The molecule has 4 nitrogen and oxygen atoms in total. The highest BCUT2D eigenvalue weighted by Gasteiger charge is 2.21. The smallest absolute Gasteiger partial charge is 0.138 e. The van der Waals surface area contributed by atoms with Gasteiger partial charge in [0.2, 0.25) is 0 Å². The van der Waals surface area contributed by atoms with Crippen LogP contribution in [-0.2, 0) is 26.6 Å². The molecule has 1 aliphatic rings. The second-order valence-corrected chi connectivity index (χ2v) is 8.07. The first-order valence-corrected chi connectivity index (χ1v) is 10.1. The lowest BCUT2D eigenvalue weighted by Gasteiger charge is -2.16. The summed E-state index contributed by atoms with van der Waals surface area (Å²) in [4.78, 5) is 2.52. The minimum absolute atomic E-state index is 0.764. The van der Waals surface area contributed by atoms with Crippen molar-refractivity contribution in [3.8, 4) is 5.82 Å². The van der Waals surface area contributed by atoms with Crippen molar-refractivity contribution in [2.75, 3.05) is 6.54 Å². The highest BCUT2D eigenvalue weighted by Crippen LogP contribution is 2.28. The van der Waals surface area contributed by atoms with Crippen molar-refractivity contribution >= 4 is 22.5 Å². The summed E-state index contributed by atoms with van der Waals surface area (Å²) in [6.45, 7) is 5.21. The van der Waals surface area contributed by atoms with E-state index in [-0.39, 0.29) is 0 Å². The standard InChI is InChI=1S/C23H23ClN4/c1-16-21(10-11-27-14-18-5-3-4-6-19(18)15-27)23(26(2)25-16)28-12-9-17-13-20(24)7-8-22(17)28/h3-9,12-13H,10-11,14-15H2,1-2H3. The van der Waals surface area contributed by atoms with Crippen LogP contribution in [0.15, 0.2) is 54.7 Å². The van der Waals surface area contributed by atoms with Gasteiger partial charge < -0.3 is 4.57 Å². The lowest BCUT2D eigenvalue weighted by molar-refractivity contribution is 0.288. The Kier molecular flexibility index (Phi) is 4.26. The van der Waals surface area contributed by atoms with Crippen molar-refractivity contribution in [1.29, 1.82) is 0 Å². The molecule has 0 saturated carbocycles. The van der Waals surface area contributed by atoms with Crippen LogP contribution < -0.4 is 0 Å². The van der Waals surface area contributed by atoms with Crippen LogP contribution in [0.4, 0.5) is 0 Å². The second kappa shape index (κ2) is 6.80. The van der Waals surface area contributed by atoms with Crippen LogP contribution in [0.5, 0.6) is 0 Å². The quantitative estimate of drug-likeness (QED) is 0.496. The first-order valence-electron chi connectivity index (χ1n) is 9.69. The molecule has 0 atom stereocenters. The molecule has 0 unspecified atom stereocenters. The van der Waals surface area contributed by atoms with Gasteiger partial charge in [0.25, 0.3) is 0 Å². The average Bonchev–Trinajstić information content (AvgIpc) is 3.34. The van der Waals surface area contributed by atoms with Crippen LogP contribution in [0.1, 0.15) is 22.4 Å². The van der Waals surface area contributed by atoms with E-state index in [4.69, 9.17) is 16.7 Å². The molecule has 0 saturated heterocycles. The van der Waals surface area contributed by atoms with Gasteiger partial charge in [-0.3, -0.25) is 9.58 Å². The highest BCUT2D eigenvalue weighted by atomic mass is 35.5. The van der Waals surface area contributed by atoms with E-state index in [2.05, 4.69) is 59.0 Å². The molecule has 0 bridgehead atoms. The lowest BCUT2D eigenvalue weighted by Crippen LogP contribution is -2.20. The number of hydrogen-bond acceptors (Lipinski definition) is 2. The van der Waals surface area contributed by atoms with E-state index in [1.165, 1.54) is 16.7 Å². The SMILES string of the molecule is Cc1nn(C)c(-n2ccc3cc(Cl)ccc32)c1CCN1Cc2ccccc2C1. The molecule has 0 spiro atoms. The zero-order valence-corrected chi connectivity index (χ0v) is 16.9. The van der Waals surface area contributed by atoms with Crippen LogP contribution >= 0.6 is 11.6 Å². The summed E-state index contributed by atoms with van der Waals surface area (Å²) in [6.07, 6.45) is 3.10. The molecular weight excluding hydrogens is 368 g/mol. The van der Waals surface area contributed by atoms with Crippen molar-refractivity contribution in [2.24, 2.45) is 7.05 Å². The highest BCUT2D eigenvalue weighted by molar-refractivity contribution is 6.31. The number of hydrogen-bond donors (Lipinski definition) is 0. The molecular formula is C23H23ClN4. The Hall–Kier alpha value is -2.56. The molecule has 142 valence electrons. The summed E-state index contributed by atoms with van der Waals surface area (Å²) in [7, 11) is 2.03. The predicted octanol–water partition coefficient (Wildman–Crippen LogP) is 4.88. The fourth-order valence-electron chi connectivity index (χ4n) is 4.41. The Morgan fingerprint density at radius 2 is 1.79 bits per heavy atom. The van der Waals surface area contributed by atoms with Crippen LogP contribution in [-0.4, -0.2) is 25.8 Å². The lowest BCUT2D eigenvalue weighted by atomic mass is 10.1. The van der Waals surface area contributed by atoms with Gasteiger partial charge >= 0.3 is 0 Å². The van der Waals surface area contributed by atoms with Crippen molar-refractivity contribution in [3.63, 3.8) is 0 Å². The number of rotatable bonds is 4. The van der Waals surface area contributed by atoms with Crippen molar-refractivity contribution in [1.82, 2.24) is 19.2 Å². The fraction of sp³-hybridized carbons (Fsp3) is 0.261. The number of halogens is 1. The summed E-state index contributed by atoms with van der Waals surface area (Å²) in [5, 5.41) is 6.64. The third kappa shape index (κ3) is 2.93. The first kappa shape index (κ1) is 17.5. The molecule has 3 heterocycles. The van der Waals surface area contributed by atoms with Gasteiger partial charge in [0.15, 0.2) is 0 Å². The maximum Gasteiger partial charge on any atom is 0.138 e. The van der Waals surface area contributed by atoms with E-state index >= 15 is 0 Å². The van der Waals surface area contributed by atoms with E-state index in [1.807, 2.05) is 23.9 Å². The molecule has 2 aromatic carbocycles. The number of aromatic nitrogens is 3. The van der Waals surface area contributed by atoms with E-state index in [9.17, 15) is 0 Å². The normalized spacial score (nSPS) is 14.1. The maximum absolute atomic E-state index is 6.17. The van der Waals surface area contributed by atoms with Crippen molar-refractivity contribution < 1.29 is 0 Å². The molecule has 0 aliphatic carbocycles. The van der Waals surface area contributed by atoms with Crippen LogP contribution in [0.2, 0.25) is 5.02 Å². The predicted molar refractivity (Wildman–Crippen MR) is 114 cm³/mol. The number of nitrogens with zero attached hydrogens (tertiary/aromatic N) is 4. The van der Waals surface area contributed by atoms with Gasteiger partial charge in [0, 0.05) is 48.9 Å². The Morgan fingerprint density at radius 1 is 1.04 bits per heavy atom. The molecule has 28 heavy (non-hydrogen) atoms. The Balaban J connectivity index is 1.45. The van der Waals surface area contributed by atoms with E-state index in [1.54, 1.807) is 0 Å². The Labute approximate surface area is 170 Å². The number of benzene rings is 2. The minimum atomic E-state index is 0.764. The van der Waals surface area contributed by atoms with Crippen molar-refractivity contribution in [3.05, 3.63) is 82.1 Å². The summed E-state index contributed by atoms with van der Waals surface area (Å²) in [6, 6.07) is 16.9. The van der Waals surface area contributed by atoms with Crippen molar-refractivity contribution in [2.45, 2.75) is 26.4 Å². The van der Waals surface area contributed by atoms with E-state index in [0.29, 0.717) is 0 Å². The van der Waals surface area contributed by atoms with Gasteiger partial charge in [0.05, 0.1) is 11.2 Å². The minimum Gasteiger partial charge on any atom is -0.301 e. The molecule has 1 aliphatic heterocycles. The van der Waals surface area contributed by atoms with Gasteiger partial charge in [0.1, 0.15) is 5.82 Å². The molecule has 0 N–H and O–H groups in total.